The maximum absolute atomic E-state index is 6.04. The fourth-order valence-electron chi connectivity index (χ4n) is 14.6. The zero-order valence-electron chi connectivity index (χ0n) is 55.6. The number of para-hydroxylation sites is 4. The lowest BCUT2D eigenvalue weighted by atomic mass is 9.79. The quantitative estimate of drug-likeness (QED) is 0.111. The lowest BCUT2D eigenvalue weighted by Crippen LogP contribution is -2.41. The summed E-state index contributed by atoms with van der Waals surface area (Å²) >= 11 is 3.89. The summed E-state index contributed by atoms with van der Waals surface area (Å²) in [5.41, 5.74) is 16.9. The van der Waals surface area contributed by atoms with Crippen molar-refractivity contribution in [3.63, 3.8) is 0 Å². The lowest BCUT2D eigenvalue weighted by molar-refractivity contribution is 0.00578. The van der Waals surface area contributed by atoms with E-state index in [1.807, 2.05) is 36.4 Å². The van der Waals surface area contributed by atoms with E-state index in [1.165, 1.54) is 120 Å². The fourth-order valence-corrected chi connectivity index (χ4v) is 15.3. The summed E-state index contributed by atoms with van der Waals surface area (Å²) in [6, 6.07) is 108. The molecular weight excluding hydrogens is 1290 g/mol. The largest absolute Gasteiger partial charge is 0.494 e. The Morgan fingerprint density at radius 1 is 0.280 bits per heavy atom. The monoisotopic (exact) mass is 1350 g/mol. The van der Waals surface area contributed by atoms with Gasteiger partial charge >= 0.3 is 7.12 Å². The summed E-state index contributed by atoms with van der Waals surface area (Å²) in [7, 11) is -0.333. The van der Waals surface area contributed by atoms with Crippen LogP contribution >= 0.6 is 15.9 Å². The topological polar surface area (TPSA) is 79.9 Å². The first-order valence-electron chi connectivity index (χ1n) is 33.9. The van der Waals surface area contributed by atoms with Crippen molar-refractivity contribution in [2.75, 3.05) is 0 Å². The van der Waals surface area contributed by atoms with Crippen LogP contribution in [-0.4, -0.2) is 47.4 Å². The molecule has 0 N–H and O–H groups in total. The van der Waals surface area contributed by atoms with Gasteiger partial charge in [0.15, 0.2) is 11.6 Å². The van der Waals surface area contributed by atoms with Crippen LogP contribution in [0.5, 0.6) is 0 Å². The highest BCUT2D eigenvalue weighted by molar-refractivity contribution is 9.10. The molecule has 18 aromatic rings. The third-order valence-electron chi connectivity index (χ3n) is 20.0. The van der Waals surface area contributed by atoms with Crippen LogP contribution in [0.3, 0.4) is 0 Å². The van der Waals surface area contributed by atoms with Gasteiger partial charge in [0.25, 0.3) is 0 Å². The van der Waals surface area contributed by atoms with Gasteiger partial charge in [-0.25, -0.2) is 19.9 Å². The van der Waals surface area contributed by atoms with Gasteiger partial charge in [0, 0.05) is 73.3 Å². The third-order valence-corrected chi connectivity index (χ3v) is 20.8. The van der Waals surface area contributed by atoms with E-state index in [0.29, 0.717) is 0 Å². The van der Waals surface area contributed by atoms with Gasteiger partial charge in [0.05, 0.1) is 33.3 Å². The van der Waals surface area contributed by atoms with Crippen LogP contribution in [0.15, 0.2) is 333 Å². The van der Waals surface area contributed by atoms with E-state index < -0.39 is 0 Å². The minimum Gasteiger partial charge on any atom is -0.399 e. The Balaban J connectivity index is 0.000000120. The Hall–Kier alpha value is -11.7. The second kappa shape index (κ2) is 25.6. The first kappa shape index (κ1) is 61.9. The number of hydrogen-bond acceptors (Lipinski definition) is 6. The molecule has 4 aromatic heterocycles. The summed E-state index contributed by atoms with van der Waals surface area (Å²) in [5.74, 6) is 1.45. The molecule has 0 aliphatic carbocycles. The highest BCUT2D eigenvalue weighted by atomic mass is 79.9. The maximum Gasteiger partial charge on any atom is 0.494 e. The molecule has 0 saturated carbocycles. The van der Waals surface area contributed by atoms with Crippen LogP contribution in [0.25, 0.3) is 154 Å². The van der Waals surface area contributed by atoms with Crippen molar-refractivity contribution in [2.45, 2.75) is 38.9 Å². The highest BCUT2D eigenvalue weighted by Gasteiger charge is 2.51. The van der Waals surface area contributed by atoms with Gasteiger partial charge in [-0.3, -0.25) is 0 Å². The summed E-state index contributed by atoms with van der Waals surface area (Å²) in [6.07, 6.45) is 7.07. The zero-order chi connectivity index (χ0) is 67.5. The summed E-state index contributed by atoms with van der Waals surface area (Å²) < 4.78 is 18.0. The number of aromatic nitrogens is 6. The molecule has 0 atom stereocenters. The minimum absolute atomic E-state index is 0.321. The average molecular weight is 1350 g/mol. The number of rotatable bonds is 8. The second-order valence-electron chi connectivity index (χ2n) is 26.4. The molecule has 478 valence electrons. The number of benzene rings is 14. The SMILES string of the molecule is Brc1c2ccccc2c(-c2cccc(-n3c4ccccc4c4ccccc43)c2)c2ccccc12.CC1(C)OB(c2ccc(-c3ncccn3)cc2)OC1(C)C.c1cnc(-c2cccc(-c3c4ccccc4c(-c4cccc(-n5c6ccccc6c6ccccc65)c4)c4ccccc34)c2)nc1. The molecule has 19 rings (SSSR count). The van der Waals surface area contributed by atoms with E-state index in [-0.39, 0.29) is 18.3 Å². The lowest BCUT2D eigenvalue weighted by Gasteiger charge is -2.32. The standard InChI is InChI=1S/C42H27N3.C32H20BrN.C16H19BN2O2/c1-3-20-36-34(18-1)40(28-12-9-14-30(26-28)42-43-24-11-25-44-42)35-19-2-4-21-37(35)41(36)29-13-10-15-31(27-29)45-38-22-7-5-16-32(38)33-17-6-8-23-39(33)45;33-32-27-16-3-1-14-25(27)31(26-15-2-4-17-28(26)32)21-10-9-11-22(20-21)34-29-18-7-5-12-23(29)24-13-6-8-19-30(24)34;1-15(2)16(3,4)21-17(20-15)13-8-6-12(7-9-13)14-18-10-5-11-19-14/h1-27H;1-20H;5-11H,1-4H3. The normalized spacial score (nSPS) is 13.3. The van der Waals surface area contributed by atoms with Crippen LogP contribution in [0.1, 0.15) is 27.7 Å². The Bertz CT molecular complexity index is 5910. The second-order valence-corrected chi connectivity index (χ2v) is 27.2. The summed E-state index contributed by atoms with van der Waals surface area (Å²) in [4.78, 5) is 17.5. The molecule has 1 aliphatic rings. The van der Waals surface area contributed by atoms with Gasteiger partial charge in [-0.15, -0.1) is 0 Å². The molecule has 1 fully saturated rings. The van der Waals surface area contributed by atoms with E-state index >= 15 is 0 Å². The van der Waals surface area contributed by atoms with Crippen molar-refractivity contribution in [2.24, 2.45) is 0 Å². The van der Waals surface area contributed by atoms with Gasteiger partial charge in [-0.2, -0.15) is 0 Å². The first-order chi connectivity index (χ1) is 49.0. The van der Waals surface area contributed by atoms with Crippen molar-refractivity contribution in [3.05, 3.63) is 333 Å². The van der Waals surface area contributed by atoms with E-state index in [0.717, 1.165) is 44.0 Å². The van der Waals surface area contributed by atoms with Gasteiger partial charge in [-0.1, -0.05) is 237 Å². The Morgan fingerprint density at radius 3 is 0.940 bits per heavy atom. The molecule has 0 unspecified atom stereocenters. The summed E-state index contributed by atoms with van der Waals surface area (Å²) in [6.45, 7) is 8.22. The number of nitrogens with zero attached hydrogens (tertiary/aromatic N) is 6. The molecule has 100 heavy (non-hydrogen) atoms. The van der Waals surface area contributed by atoms with Crippen molar-refractivity contribution in [1.29, 1.82) is 0 Å². The number of halogens is 1. The minimum atomic E-state index is -0.333. The number of hydrogen-bond donors (Lipinski definition) is 0. The molecule has 8 nitrogen and oxygen atoms in total. The molecule has 1 saturated heterocycles. The maximum atomic E-state index is 6.04. The van der Waals surface area contributed by atoms with Crippen molar-refractivity contribution >= 4 is 115 Å². The van der Waals surface area contributed by atoms with E-state index in [9.17, 15) is 0 Å². The van der Waals surface area contributed by atoms with Gasteiger partial charge in [0.2, 0.25) is 0 Å². The van der Waals surface area contributed by atoms with Crippen LogP contribution in [0.4, 0.5) is 0 Å². The third kappa shape index (κ3) is 11.0. The number of fused-ring (bicyclic) bond motifs is 10. The molecular formula is C90H66BBrN6O2. The molecule has 0 spiro atoms. The molecule has 5 heterocycles. The van der Waals surface area contributed by atoms with Crippen LogP contribution in [-0.2, 0) is 9.31 Å². The Labute approximate surface area is 588 Å². The Kier molecular flexibility index (Phi) is 15.9. The van der Waals surface area contributed by atoms with Crippen molar-refractivity contribution < 1.29 is 9.31 Å². The average Bonchev–Trinajstić information content (AvgIpc) is 1.43. The molecule has 1 aliphatic heterocycles. The van der Waals surface area contributed by atoms with Gasteiger partial charge in [0.1, 0.15) is 0 Å². The van der Waals surface area contributed by atoms with Crippen LogP contribution < -0.4 is 5.46 Å². The smallest absolute Gasteiger partial charge is 0.399 e. The molecule has 14 aromatic carbocycles. The molecule has 0 bridgehead atoms. The van der Waals surface area contributed by atoms with Crippen molar-refractivity contribution in [3.8, 4) is 67.5 Å². The molecule has 0 radical (unpaired) electrons. The first-order valence-corrected chi connectivity index (χ1v) is 34.7. The predicted molar refractivity (Wildman–Crippen MR) is 420 cm³/mol. The van der Waals surface area contributed by atoms with Gasteiger partial charge in [-0.05, 0) is 192 Å². The predicted octanol–water partition coefficient (Wildman–Crippen LogP) is 22.8. The zero-order valence-corrected chi connectivity index (χ0v) is 57.2. The highest BCUT2D eigenvalue weighted by Crippen LogP contribution is 2.47. The van der Waals surface area contributed by atoms with Crippen LogP contribution in [0.2, 0.25) is 0 Å². The van der Waals surface area contributed by atoms with E-state index in [1.54, 1.807) is 24.8 Å². The van der Waals surface area contributed by atoms with E-state index in [4.69, 9.17) is 9.31 Å². The van der Waals surface area contributed by atoms with E-state index in [2.05, 4.69) is 340 Å². The van der Waals surface area contributed by atoms with Crippen LogP contribution in [0, 0.1) is 0 Å². The fraction of sp³-hybridized carbons (Fsp3) is 0.0667. The van der Waals surface area contributed by atoms with Gasteiger partial charge < -0.3 is 18.4 Å². The van der Waals surface area contributed by atoms with Crippen molar-refractivity contribution in [1.82, 2.24) is 29.1 Å². The molecule has 0 amide bonds. The Morgan fingerprint density at radius 2 is 0.570 bits per heavy atom. The molecule has 10 heteroatoms. The summed E-state index contributed by atoms with van der Waals surface area (Å²) in [5, 5.41) is 15.0.